The van der Waals surface area contributed by atoms with Gasteiger partial charge in [0.1, 0.15) is 5.75 Å². The van der Waals surface area contributed by atoms with Crippen LogP contribution in [0.1, 0.15) is 42.2 Å². The van der Waals surface area contributed by atoms with Crippen LogP contribution in [0.25, 0.3) is 22.0 Å². The first-order valence-corrected chi connectivity index (χ1v) is 8.67. The minimum absolute atomic E-state index is 0.199. The molecule has 0 saturated carbocycles. The van der Waals surface area contributed by atoms with E-state index in [1.54, 1.807) is 6.07 Å². The van der Waals surface area contributed by atoms with Crippen LogP contribution in [-0.4, -0.2) is 16.7 Å². The molecule has 124 valence electrons. The molecule has 2 N–H and O–H groups in total. The van der Waals surface area contributed by atoms with Crippen molar-refractivity contribution >= 4 is 10.9 Å². The number of hydrogen-bond acceptors (Lipinski definition) is 2. The maximum Gasteiger partial charge on any atom is 0.115 e. The second kappa shape index (κ2) is 5.99. The molecule has 0 aliphatic carbocycles. The number of ether oxygens (including phenoxy) is 1. The quantitative estimate of drug-likeness (QED) is 0.664. The lowest BCUT2D eigenvalue weighted by Gasteiger charge is -2.21. The van der Waals surface area contributed by atoms with Gasteiger partial charge in [0.15, 0.2) is 0 Å². The smallest absolute Gasteiger partial charge is 0.115 e. The Labute approximate surface area is 142 Å². The predicted molar refractivity (Wildman–Crippen MR) is 97.4 cm³/mol. The van der Waals surface area contributed by atoms with E-state index < -0.39 is 0 Å². The zero-order valence-electron chi connectivity index (χ0n) is 14.2. The maximum atomic E-state index is 9.65. The molecule has 3 nitrogen and oxygen atoms in total. The summed E-state index contributed by atoms with van der Waals surface area (Å²) in [5, 5.41) is 10.9. The SMILES string of the molecule is Cc1cc(O)ccc1-c1ccc2[nH]c(C3CCCCO3)cc2c1C. The third kappa shape index (κ3) is 2.59. The van der Waals surface area contributed by atoms with Crippen LogP contribution >= 0.6 is 0 Å². The number of aromatic nitrogens is 1. The van der Waals surface area contributed by atoms with Crippen molar-refractivity contribution in [3.63, 3.8) is 0 Å². The lowest BCUT2D eigenvalue weighted by molar-refractivity contribution is 0.0127. The average Bonchev–Trinajstić information content (AvgIpc) is 3.02. The number of rotatable bonds is 2. The molecule has 3 aromatic rings. The number of aryl methyl sites for hydroxylation is 2. The molecule has 0 radical (unpaired) electrons. The third-order valence-electron chi connectivity index (χ3n) is 5.12. The number of H-pyrrole nitrogens is 1. The molecule has 1 fully saturated rings. The lowest BCUT2D eigenvalue weighted by atomic mass is 9.94. The zero-order valence-corrected chi connectivity index (χ0v) is 14.2. The molecule has 3 heteroatoms. The zero-order chi connectivity index (χ0) is 16.7. The second-order valence-corrected chi connectivity index (χ2v) is 6.78. The van der Waals surface area contributed by atoms with Crippen LogP contribution in [0.5, 0.6) is 5.75 Å². The number of aromatic hydroxyl groups is 1. The standard InChI is InChI=1S/C21H23NO2/c1-13-11-15(23)6-7-16(13)17-8-9-19-18(14(17)2)12-20(22-19)21-5-3-4-10-24-21/h6-9,11-12,21-23H,3-5,10H2,1-2H3. The monoisotopic (exact) mass is 321 g/mol. The molecular weight excluding hydrogens is 298 g/mol. The summed E-state index contributed by atoms with van der Waals surface area (Å²) < 4.78 is 5.92. The van der Waals surface area contributed by atoms with Gasteiger partial charge in [-0.25, -0.2) is 0 Å². The van der Waals surface area contributed by atoms with Crippen molar-refractivity contribution < 1.29 is 9.84 Å². The molecule has 1 aliphatic rings. The van der Waals surface area contributed by atoms with Gasteiger partial charge in [-0.3, -0.25) is 0 Å². The van der Waals surface area contributed by atoms with E-state index in [2.05, 4.69) is 30.1 Å². The Morgan fingerprint density at radius 2 is 1.88 bits per heavy atom. The lowest BCUT2D eigenvalue weighted by Crippen LogP contribution is -2.11. The van der Waals surface area contributed by atoms with Crippen LogP contribution < -0.4 is 0 Å². The number of aromatic amines is 1. The first-order chi connectivity index (χ1) is 11.6. The Bertz CT molecular complexity index is 888. The fraction of sp³-hybridized carbons (Fsp3) is 0.333. The molecule has 1 unspecified atom stereocenters. The summed E-state index contributed by atoms with van der Waals surface area (Å²) in [6.45, 7) is 5.07. The second-order valence-electron chi connectivity index (χ2n) is 6.78. The molecule has 1 aromatic heterocycles. The van der Waals surface area contributed by atoms with Gasteiger partial charge < -0.3 is 14.8 Å². The molecule has 1 aliphatic heterocycles. The van der Waals surface area contributed by atoms with Crippen molar-refractivity contribution in [1.29, 1.82) is 0 Å². The van der Waals surface area contributed by atoms with E-state index in [0.29, 0.717) is 5.75 Å². The summed E-state index contributed by atoms with van der Waals surface area (Å²) in [6, 6.07) is 12.1. The first-order valence-electron chi connectivity index (χ1n) is 8.67. The average molecular weight is 321 g/mol. The Morgan fingerprint density at radius 3 is 2.62 bits per heavy atom. The minimum atomic E-state index is 0.199. The molecule has 1 saturated heterocycles. The maximum absolute atomic E-state index is 9.65. The van der Waals surface area contributed by atoms with Crippen molar-refractivity contribution in [2.24, 2.45) is 0 Å². The number of benzene rings is 2. The molecule has 0 spiro atoms. The highest BCUT2D eigenvalue weighted by Gasteiger charge is 2.19. The summed E-state index contributed by atoms with van der Waals surface area (Å²) in [6.07, 6.45) is 3.69. The minimum Gasteiger partial charge on any atom is -0.508 e. The Hall–Kier alpha value is -2.26. The van der Waals surface area contributed by atoms with Crippen molar-refractivity contribution in [3.05, 3.63) is 53.2 Å². The fourth-order valence-corrected chi connectivity index (χ4v) is 3.77. The Kier molecular flexibility index (Phi) is 3.81. The Balaban J connectivity index is 1.79. The number of phenols is 1. The summed E-state index contributed by atoms with van der Waals surface area (Å²) in [5.41, 5.74) is 7.09. The third-order valence-corrected chi connectivity index (χ3v) is 5.12. The van der Waals surface area contributed by atoms with Gasteiger partial charge in [-0.2, -0.15) is 0 Å². The number of nitrogens with one attached hydrogen (secondary N) is 1. The molecule has 2 heterocycles. The summed E-state index contributed by atoms with van der Waals surface area (Å²) in [4.78, 5) is 3.54. The molecule has 1 atom stereocenters. The van der Waals surface area contributed by atoms with Gasteiger partial charge in [-0.1, -0.05) is 12.1 Å². The number of fused-ring (bicyclic) bond motifs is 1. The molecule has 24 heavy (non-hydrogen) atoms. The van der Waals surface area contributed by atoms with Crippen molar-refractivity contribution in [2.75, 3.05) is 6.61 Å². The van der Waals surface area contributed by atoms with Gasteiger partial charge in [0, 0.05) is 23.2 Å². The van der Waals surface area contributed by atoms with Crippen LogP contribution in [0.3, 0.4) is 0 Å². The van der Waals surface area contributed by atoms with Crippen LogP contribution in [0, 0.1) is 13.8 Å². The summed E-state index contributed by atoms with van der Waals surface area (Å²) in [5.74, 6) is 0.313. The van der Waals surface area contributed by atoms with Gasteiger partial charge >= 0.3 is 0 Å². The van der Waals surface area contributed by atoms with Gasteiger partial charge in [0.05, 0.1) is 6.10 Å². The van der Waals surface area contributed by atoms with E-state index in [4.69, 9.17) is 4.74 Å². The van der Waals surface area contributed by atoms with Crippen LogP contribution in [-0.2, 0) is 4.74 Å². The molecule has 0 bridgehead atoms. The highest BCUT2D eigenvalue weighted by atomic mass is 16.5. The van der Waals surface area contributed by atoms with E-state index in [0.717, 1.165) is 24.1 Å². The van der Waals surface area contributed by atoms with Crippen LogP contribution in [0.15, 0.2) is 36.4 Å². The van der Waals surface area contributed by atoms with Crippen molar-refractivity contribution in [2.45, 2.75) is 39.2 Å². The highest BCUT2D eigenvalue weighted by molar-refractivity contribution is 5.91. The number of phenolic OH excluding ortho intramolecular Hbond substituents is 1. The largest absolute Gasteiger partial charge is 0.508 e. The van der Waals surface area contributed by atoms with E-state index >= 15 is 0 Å². The molecule has 4 rings (SSSR count). The normalized spacial score (nSPS) is 18.2. The summed E-state index contributed by atoms with van der Waals surface area (Å²) >= 11 is 0. The van der Waals surface area contributed by atoms with E-state index in [-0.39, 0.29) is 6.10 Å². The van der Waals surface area contributed by atoms with Gasteiger partial charge in [0.2, 0.25) is 0 Å². The van der Waals surface area contributed by atoms with E-state index in [1.807, 2.05) is 19.1 Å². The van der Waals surface area contributed by atoms with E-state index in [9.17, 15) is 5.11 Å². The number of hydrogen-bond donors (Lipinski definition) is 2. The van der Waals surface area contributed by atoms with Crippen molar-refractivity contribution in [3.8, 4) is 16.9 Å². The van der Waals surface area contributed by atoms with E-state index in [1.165, 1.54) is 40.6 Å². The first kappa shape index (κ1) is 15.3. The Morgan fingerprint density at radius 1 is 1.04 bits per heavy atom. The molecular formula is C21H23NO2. The predicted octanol–water partition coefficient (Wildman–Crippen LogP) is 5.40. The van der Waals surface area contributed by atoms with Gasteiger partial charge in [-0.15, -0.1) is 0 Å². The fourth-order valence-electron chi connectivity index (χ4n) is 3.77. The van der Waals surface area contributed by atoms with Crippen LogP contribution in [0.2, 0.25) is 0 Å². The summed E-state index contributed by atoms with van der Waals surface area (Å²) in [7, 11) is 0. The molecule has 2 aromatic carbocycles. The highest BCUT2D eigenvalue weighted by Crippen LogP contribution is 2.35. The van der Waals surface area contributed by atoms with Crippen molar-refractivity contribution in [1.82, 2.24) is 4.98 Å². The van der Waals surface area contributed by atoms with Gasteiger partial charge in [0.25, 0.3) is 0 Å². The molecule has 0 amide bonds. The van der Waals surface area contributed by atoms with Gasteiger partial charge in [-0.05, 0) is 79.6 Å². The topological polar surface area (TPSA) is 45.2 Å². The van der Waals surface area contributed by atoms with Crippen LogP contribution in [0.4, 0.5) is 0 Å².